The van der Waals surface area contributed by atoms with Crippen molar-refractivity contribution < 1.29 is 9.72 Å². The van der Waals surface area contributed by atoms with Gasteiger partial charge in [-0.1, -0.05) is 51.6 Å². The lowest BCUT2D eigenvalue weighted by Crippen LogP contribution is -2.37. The first-order chi connectivity index (χ1) is 15.6. The molecule has 2 N–H and O–H groups in total. The molecular weight excluding hydrogens is 440 g/mol. The molecule has 1 atom stereocenters. The van der Waals surface area contributed by atoms with Gasteiger partial charge in [0.25, 0.3) is 11.2 Å². The number of nitrogens with one attached hydrogen (secondary N) is 2. The zero-order chi connectivity index (χ0) is 23.9. The number of allylic oxidation sites excluding steroid dienone is 2. The summed E-state index contributed by atoms with van der Waals surface area (Å²) in [6, 6.07) is 6.17. The summed E-state index contributed by atoms with van der Waals surface area (Å²) in [4.78, 5) is 45.0. The van der Waals surface area contributed by atoms with Crippen LogP contribution in [0.5, 0.6) is 0 Å². The van der Waals surface area contributed by atoms with Crippen molar-refractivity contribution >= 4 is 29.1 Å². The molecule has 2 aromatic rings. The van der Waals surface area contributed by atoms with Gasteiger partial charge >= 0.3 is 0 Å². The molecule has 2 aliphatic rings. The number of nitro groups is 1. The van der Waals surface area contributed by atoms with Gasteiger partial charge in [0.15, 0.2) is 10.9 Å². The second-order valence-electron chi connectivity index (χ2n) is 9.91. The molecule has 174 valence electrons. The molecule has 4 rings (SSSR count). The number of H-pyrrole nitrogens is 1. The monoisotopic (exact) mass is 468 g/mol. The van der Waals surface area contributed by atoms with Crippen molar-refractivity contribution in [3.8, 4) is 0 Å². The summed E-state index contributed by atoms with van der Waals surface area (Å²) >= 11 is 1.49. The van der Waals surface area contributed by atoms with E-state index in [9.17, 15) is 19.7 Å². The Morgan fingerprint density at radius 3 is 2.73 bits per heavy atom. The number of hydrogen-bond donors (Lipinski definition) is 2. The number of hydrogen-bond acceptors (Lipinski definition) is 7. The van der Waals surface area contributed by atoms with Crippen LogP contribution in [0.1, 0.15) is 64.0 Å². The fraction of sp³-hybridized carbons (Fsp3) is 0.458. The minimum absolute atomic E-state index is 0.0503. The zero-order valence-corrected chi connectivity index (χ0v) is 20.0. The summed E-state index contributed by atoms with van der Waals surface area (Å²) in [5.74, 6) is 1.04. The highest BCUT2D eigenvalue weighted by Gasteiger charge is 2.42. The molecule has 1 aliphatic carbocycles. The Kier molecular flexibility index (Phi) is 6.18. The molecule has 0 radical (unpaired) electrons. The quantitative estimate of drug-likeness (QED) is 0.264. The summed E-state index contributed by atoms with van der Waals surface area (Å²) in [5.41, 5.74) is 1.48. The van der Waals surface area contributed by atoms with Crippen LogP contribution >= 0.6 is 11.8 Å². The van der Waals surface area contributed by atoms with Gasteiger partial charge < -0.3 is 10.3 Å². The summed E-state index contributed by atoms with van der Waals surface area (Å²) in [7, 11) is 0. The van der Waals surface area contributed by atoms with Crippen molar-refractivity contribution in [1.29, 1.82) is 0 Å². The van der Waals surface area contributed by atoms with E-state index in [4.69, 9.17) is 0 Å². The molecule has 0 fully saturated rings. The van der Waals surface area contributed by atoms with Crippen molar-refractivity contribution in [2.24, 2.45) is 11.3 Å². The maximum Gasteiger partial charge on any atom is 0.269 e. The lowest BCUT2D eigenvalue weighted by Gasteiger charge is -2.38. The second-order valence-corrected chi connectivity index (χ2v) is 11.0. The average molecular weight is 469 g/mol. The fourth-order valence-electron chi connectivity index (χ4n) is 4.50. The first-order valence-corrected chi connectivity index (χ1v) is 12.1. The van der Waals surface area contributed by atoms with Crippen LogP contribution in [0.2, 0.25) is 0 Å². The highest BCUT2D eigenvalue weighted by Crippen LogP contribution is 2.48. The average Bonchev–Trinajstić information content (AvgIpc) is 2.71. The van der Waals surface area contributed by atoms with Gasteiger partial charge in [-0.15, -0.1) is 0 Å². The molecule has 9 heteroatoms. The number of ketones is 1. The fourth-order valence-corrected chi connectivity index (χ4v) is 5.61. The lowest BCUT2D eigenvalue weighted by atomic mass is 9.69. The number of nitro benzene ring substituents is 1. The predicted octanol–water partition coefficient (Wildman–Crippen LogP) is 5.02. The molecule has 2 heterocycles. The maximum absolute atomic E-state index is 13.3. The van der Waals surface area contributed by atoms with Crippen molar-refractivity contribution in [3.05, 3.63) is 67.1 Å². The number of nitrogens with zero attached hydrogens (tertiary/aromatic N) is 2. The third-order valence-corrected chi connectivity index (χ3v) is 6.96. The van der Waals surface area contributed by atoms with Crippen LogP contribution in [0, 0.1) is 21.4 Å². The second kappa shape index (κ2) is 8.78. The number of benzene rings is 1. The molecule has 1 aromatic carbocycles. The number of fused-ring (bicyclic) bond motifs is 1. The van der Waals surface area contributed by atoms with Gasteiger partial charge in [0.2, 0.25) is 0 Å². The van der Waals surface area contributed by atoms with E-state index in [-0.39, 0.29) is 22.4 Å². The van der Waals surface area contributed by atoms with Gasteiger partial charge in [0.1, 0.15) is 5.82 Å². The lowest BCUT2D eigenvalue weighted by molar-refractivity contribution is -0.384. The molecule has 0 saturated heterocycles. The van der Waals surface area contributed by atoms with E-state index >= 15 is 0 Å². The highest BCUT2D eigenvalue weighted by atomic mass is 32.2. The highest BCUT2D eigenvalue weighted by molar-refractivity contribution is 7.99. The van der Waals surface area contributed by atoms with E-state index in [0.29, 0.717) is 46.4 Å². The predicted molar refractivity (Wildman–Crippen MR) is 129 cm³/mol. The minimum atomic E-state index is -0.703. The Balaban J connectivity index is 1.86. The van der Waals surface area contributed by atoms with Gasteiger partial charge in [-0.25, -0.2) is 4.98 Å². The topological polar surface area (TPSA) is 118 Å². The van der Waals surface area contributed by atoms with Gasteiger partial charge in [0, 0.05) is 41.5 Å². The molecule has 0 spiro atoms. The van der Waals surface area contributed by atoms with Gasteiger partial charge in [-0.2, -0.15) is 0 Å². The number of non-ortho nitro benzene ring substituents is 1. The molecule has 0 saturated carbocycles. The summed E-state index contributed by atoms with van der Waals surface area (Å²) in [6.07, 6.45) is 1.97. The molecule has 1 aromatic heterocycles. The Morgan fingerprint density at radius 1 is 1.27 bits per heavy atom. The number of aromatic amines is 1. The van der Waals surface area contributed by atoms with E-state index < -0.39 is 10.8 Å². The number of Topliss-reactive ketones (excluding diaryl/α,β-unsaturated/α-hetero) is 1. The van der Waals surface area contributed by atoms with E-state index in [0.717, 1.165) is 17.9 Å². The summed E-state index contributed by atoms with van der Waals surface area (Å²) in [6.45, 7) is 8.36. The van der Waals surface area contributed by atoms with Crippen molar-refractivity contribution in [1.82, 2.24) is 9.97 Å². The van der Waals surface area contributed by atoms with Crippen LogP contribution < -0.4 is 10.9 Å². The summed E-state index contributed by atoms with van der Waals surface area (Å²) < 4.78 is 0. The van der Waals surface area contributed by atoms with Crippen molar-refractivity contribution in [3.63, 3.8) is 0 Å². The van der Waals surface area contributed by atoms with E-state index in [1.165, 1.54) is 23.9 Å². The number of carbonyl (C=O) groups excluding carboxylic acids is 1. The molecular formula is C24H28N4O4S. The normalized spacial score (nSPS) is 19.2. The number of aromatic nitrogens is 2. The Labute approximate surface area is 196 Å². The third kappa shape index (κ3) is 4.73. The van der Waals surface area contributed by atoms with Crippen LogP contribution in [0.25, 0.3) is 0 Å². The number of thioether (sulfide) groups is 1. The molecule has 8 nitrogen and oxygen atoms in total. The molecule has 0 amide bonds. The van der Waals surface area contributed by atoms with Crippen LogP contribution in [-0.4, -0.2) is 26.4 Å². The van der Waals surface area contributed by atoms with Gasteiger partial charge in [-0.3, -0.25) is 19.7 Å². The molecule has 33 heavy (non-hydrogen) atoms. The van der Waals surface area contributed by atoms with E-state index in [1.54, 1.807) is 12.1 Å². The van der Waals surface area contributed by atoms with Crippen molar-refractivity contribution in [2.45, 2.75) is 58.0 Å². The van der Waals surface area contributed by atoms with E-state index in [2.05, 4.69) is 29.1 Å². The van der Waals surface area contributed by atoms with Crippen LogP contribution in [0.4, 0.5) is 11.5 Å². The molecule has 0 bridgehead atoms. The third-order valence-electron chi connectivity index (χ3n) is 6.05. The van der Waals surface area contributed by atoms with Crippen LogP contribution in [-0.2, 0) is 4.79 Å². The van der Waals surface area contributed by atoms with E-state index in [1.807, 2.05) is 13.8 Å². The zero-order valence-electron chi connectivity index (χ0n) is 19.2. The van der Waals surface area contributed by atoms with Gasteiger partial charge in [-0.05, 0) is 29.7 Å². The first-order valence-electron chi connectivity index (χ1n) is 11.1. The molecule has 1 aliphatic heterocycles. The molecule has 1 unspecified atom stereocenters. The largest absolute Gasteiger partial charge is 0.343 e. The number of rotatable bonds is 6. The minimum Gasteiger partial charge on any atom is -0.343 e. The first kappa shape index (κ1) is 23.2. The smallest absolute Gasteiger partial charge is 0.269 e. The number of carbonyl (C=O) groups is 1. The Morgan fingerprint density at radius 2 is 2.03 bits per heavy atom. The van der Waals surface area contributed by atoms with Gasteiger partial charge in [0.05, 0.1) is 10.5 Å². The number of anilines is 1. The van der Waals surface area contributed by atoms with Crippen LogP contribution in [0.3, 0.4) is 0 Å². The van der Waals surface area contributed by atoms with Crippen LogP contribution in [0.15, 0.2) is 45.5 Å². The van der Waals surface area contributed by atoms with Crippen molar-refractivity contribution in [2.75, 3.05) is 11.1 Å². The maximum atomic E-state index is 13.3. The standard InChI is InChI=1S/C24H28N4O4S/c1-13(2)8-9-33-23-26-21-20(22(30)27-23)18(14-6-5-7-15(10-14)28(31)32)19-16(25-21)11-24(3,4)12-17(19)29/h5-7,10,13,18H,8-9,11-12H2,1-4H3,(H2,25,26,27,30). The Bertz CT molecular complexity index is 1220. The summed E-state index contributed by atoms with van der Waals surface area (Å²) in [5, 5.41) is 15.2. The SMILES string of the molecule is CC(C)CCSc1nc2c(c(=O)[nH]1)C(c1cccc([N+](=O)[O-])c1)C1=C(CC(C)(C)CC1=O)N2. The Hall–Kier alpha value is -2.94.